The molecule has 0 unspecified atom stereocenters. The van der Waals surface area contributed by atoms with E-state index in [1.807, 2.05) is 0 Å². The van der Waals surface area contributed by atoms with Gasteiger partial charge in [0.05, 0.1) is 22.4 Å². The highest BCUT2D eigenvalue weighted by Crippen LogP contribution is 2.32. The van der Waals surface area contributed by atoms with Gasteiger partial charge < -0.3 is 14.8 Å². The first kappa shape index (κ1) is 20.4. The Hall–Kier alpha value is -3.34. The lowest BCUT2D eigenvalue weighted by atomic mass is 10.1. The van der Waals surface area contributed by atoms with E-state index >= 15 is 0 Å². The van der Waals surface area contributed by atoms with Crippen LogP contribution in [0.5, 0.6) is 11.5 Å². The van der Waals surface area contributed by atoms with E-state index in [2.05, 4.69) is 5.32 Å². The first-order valence-electron chi connectivity index (χ1n) is 8.54. The highest BCUT2D eigenvalue weighted by Gasteiger charge is 2.25. The van der Waals surface area contributed by atoms with E-state index in [1.165, 1.54) is 25.1 Å². The lowest BCUT2D eigenvalue weighted by molar-refractivity contribution is -0.385. The van der Waals surface area contributed by atoms with Gasteiger partial charge >= 0.3 is 0 Å². The number of rotatable bonds is 7. The molecule has 0 atom stereocenters. The molecular weight excluding hydrogens is 402 g/mol. The van der Waals surface area contributed by atoms with Crippen molar-refractivity contribution in [2.45, 2.75) is 13.5 Å². The number of nitrogens with zero attached hydrogens (tertiary/aromatic N) is 2. The Morgan fingerprint density at radius 3 is 2.66 bits per heavy atom. The molecule has 154 valence electrons. The molecule has 1 heterocycles. The Labute approximate surface area is 167 Å². The zero-order valence-electron chi connectivity index (χ0n) is 15.7. The van der Waals surface area contributed by atoms with Crippen LogP contribution in [0.2, 0.25) is 0 Å². The van der Waals surface area contributed by atoms with Gasteiger partial charge in [-0.3, -0.25) is 19.2 Å². The average Bonchev–Trinajstić information content (AvgIpc) is 3.11. The standard InChI is InChI=1S/C18H19N3O7S/c1-12-14(4-3-5-15(12)21(23)24)20(29(2,25)26)10-18(22)19-9-13-6-7-16-17(8-13)28-11-27-16/h3-8H,9-11H2,1-2H3,(H,19,22). The highest BCUT2D eigenvalue weighted by molar-refractivity contribution is 7.92. The van der Waals surface area contributed by atoms with E-state index in [-0.39, 0.29) is 30.3 Å². The molecule has 0 saturated heterocycles. The maximum atomic E-state index is 12.4. The summed E-state index contributed by atoms with van der Waals surface area (Å²) in [4.78, 5) is 23.0. The molecule has 0 spiro atoms. The van der Waals surface area contributed by atoms with Crippen LogP contribution in [0.3, 0.4) is 0 Å². The fraction of sp³-hybridized carbons (Fsp3) is 0.278. The van der Waals surface area contributed by atoms with Gasteiger partial charge in [0, 0.05) is 12.6 Å². The second-order valence-corrected chi connectivity index (χ2v) is 8.32. The summed E-state index contributed by atoms with van der Waals surface area (Å²) in [5.74, 6) is 0.630. The molecule has 0 radical (unpaired) electrons. The number of ether oxygens (including phenoxy) is 2. The molecule has 1 amide bonds. The van der Waals surface area contributed by atoms with Gasteiger partial charge in [0.2, 0.25) is 22.7 Å². The van der Waals surface area contributed by atoms with Crippen LogP contribution in [-0.4, -0.2) is 38.8 Å². The van der Waals surface area contributed by atoms with Crippen LogP contribution in [0.15, 0.2) is 36.4 Å². The van der Waals surface area contributed by atoms with Crippen LogP contribution in [-0.2, 0) is 21.4 Å². The summed E-state index contributed by atoms with van der Waals surface area (Å²) in [6.07, 6.45) is 0.941. The number of anilines is 1. The van der Waals surface area contributed by atoms with Crippen molar-refractivity contribution in [3.63, 3.8) is 0 Å². The highest BCUT2D eigenvalue weighted by atomic mass is 32.2. The Kier molecular flexibility index (Phi) is 5.59. The molecule has 11 heteroatoms. The van der Waals surface area contributed by atoms with Gasteiger partial charge in [-0.2, -0.15) is 0 Å². The number of hydrogen-bond donors (Lipinski definition) is 1. The maximum Gasteiger partial charge on any atom is 0.274 e. The van der Waals surface area contributed by atoms with Crippen molar-refractivity contribution in [2.24, 2.45) is 0 Å². The van der Waals surface area contributed by atoms with Gasteiger partial charge in [0.25, 0.3) is 5.69 Å². The summed E-state index contributed by atoms with van der Waals surface area (Å²) < 4.78 is 35.9. The van der Waals surface area contributed by atoms with E-state index in [1.54, 1.807) is 18.2 Å². The van der Waals surface area contributed by atoms with Crippen molar-refractivity contribution in [3.05, 3.63) is 57.6 Å². The molecular formula is C18H19N3O7S. The third-order valence-electron chi connectivity index (χ3n) is 4.36. The number of sulfonamides is 1. The second kappa shape index (κ2) is 7.95. The largest absolute Gasteiger partial charge is 0.454 e. The van der Waals surface area contributed by atoms with Gasteiger partial charge in [-0.1, -0.05) is 12.1 Å². The summed E-state index contributed by atoms with van der Waals surface area (Å²) in [6, 6.07) is 9.28. The molecule has 0 bridgehead atoms. The zero-order valence-corrected chi connectivity index (χ0v) is 16.6. The summed E-state index contributed by atoms with van der Waals surface area (Å²) in [5, 5.41) is 13.8. The van der Waals surface area contributed by atoms with Gasteiger partial charge in [0.15, 0.2) is 11.5 Å². The smallest absolute Gasteiger partial charge is 0.274 e. The summed E-state index contributed by atoms with van der Waals surface area (Å²) >= 11 is 0. The molecule has 0 saturated carbocycles. The van der Waals surface area contributed by atoms with Crippen LogP contribution in [0.1, 0.15) is 11.1 Å². The molecule has 0 aliphatic carbocycles. The molecule has 1 aliphatic rings. The maximum absolute atomic E-state index is 12.4. The van der Waals surface area contributed by atoms with Gasteiger partial charge in [-0.15, -0.1) is 0 Å². The first-order valence-corrected chi connectivity index (χ1v) is 10.4. The van der Waals surface area contributed by atoms with Crippen LogP contribution < -0.4 is 19.1 Å². The van der Waals surface area contributed by atoms with Crippen molar-refractivity contribution in [3.8, 4) is 11.5 Å². The molecule has 10 nitrogen and oxygen atoms in total. The van der Waals surface area contributed by atoms with Crippen molar-refractivity contribution in [2.75, 3.05) is 23.9 Å². The zero-order chi connectivity index (χ0) is 21.2. The minimum Gasteiger partial charge on any atom is -0.454 e. The van der Waals surface area contributed by atoms with Crippen LogP contribution >= 0.6 is 0 Å². The predicted molar refractivity (Wildman–Crippen MR) is 104 cm³/mol. The third kappa shape index (κ3) is 4.57. The summed E-state index contributed by atoms with van der Waals surface area (Å²) in [6.45, 7) is 1.22. The minimum absolute atomic E-state index is 0.0833. The van der Waals surface area contributed by atoms with E-state index in [4.69, 9.17) is 9.47 Å². The molecule has 1 N–H and O–H groups in total. The predicted octanol–water partition coefficient (Wildman–Crippen LogP) is 1.71. The lowest BCUT2D eigenvalue weighted by Crippen LogP contribution is -2.40. The minimum atomic E-state index is -3.86. The van der Waals surface area contributed by atoms with E-state index in [0.29, 0.717) is 11.5 Å². The van der Waals surface area contributed by atoms with E-state index in [9.17, 15) is 23.3 Å². The number of fused-ring (bicyclic) bond motifs is 1. The number of amides is 1. The number of hydrogen-bond acceptors (Lipinski definition) is 7. The Balaban J connectivity index is 1.75. The molecule has 3 rings (SSSR count). The average molecular weight is 421 g/mol. The van der Waals surface area contributed by atoms with Crippen molar-refractivity contribution < 1.29 is 27.6 Å². The fourth-order valence-corrected chi connectivity index (χ4v) is 3.81. The van der Waals surface area contributed by atoms with E-state index in [0.717, 1.165) is 16.1 Å². The van der Waals surface area contributed by atoms with Gasteiger partial charge in [-0.25, -0.2) is 8.42 Å². The Morgan fingerprint density at radius 2 is 1.97 bits per heavy atom. The van der Waals surface area contributed by atoms with Crippen molar-refractivity contribution in [1.82, 2.24) is 5.32 Å². The van der Waals surface area contributed by atoms with E-state index < -0.39 is 27.4 Å². The second-order valence-electron chi connectivity index (χ2n) is 6.41. The summed E-state index contributed by atoms with van der Waals surface area (Å²) in [5.41, 5.74) is 0.767. The number of benzene rings is 2. The lowest BCUT2D eigenvalue weighted by Gasteiger charge is -2.23. The molecule has 2 aromatic carbocycles. The van der Waals surface area contributed by atoms with Gasteiger partial charge in [-0.05, 0) is 30.7 Å². The number of carbonyl (C=O) groups is 1. The number of nitro benzene ring substituents is 1. The number of nitrogens with one attached hydrogen (secondary N) is 1. The monoisotopic (exact) mass is 421 g/mol. The number of nitro groups is 1. The first-order chi connectivity index (χ1) is 13.7. The molecule has 0 fully saturated rings. The SMILES string of the molecule is Cc1c(N(CC(=O)NCc2ccc3c(c2)OCO3)S(C)(=O)=O)cccc1[N+](=O)[O-]. The van der Waals surface area contributed by atoms with Crippen molar-refractivity contribution >= 4 is 27.3 Å². The normalized spacial score (nSPS) is 12.5. The fourth-order valence-electron chi connectivity index (χ4n) is 2.90. The molecule has 1 aliphatic heterocycles. The van der Waals surface area contributed by atoms with Crippen molar-refractivity contribution in [1.29, 1.82) is 0 Å². The summed E-state index contributed by atoms with van der Waals surface area (Å²) in [7, 11) is -3.86. The Morgan fingerprint density at radius 1 is 1.24 bits per heavy atom. The van der Waals surface area contributed by atoms with Crippen LogP contribution in [0, 0.1) is 17.0 Å². The molecule has 29 heavy (non-hydrogen) atoms. The quantitative estimate of drug-likeness (QED) is 0.532. The number of carbonyl (C=O) groups excluding carboxylic acids is 1. The molecule has 0 aromatic heterocycles. The van der Waals surface area contributed by atoms with Crippen LogP contribution in [0.25, 0.3) is 0 Å². The van der Waals surface area contributed by atoms with Gasteiger partial charge in [0.1, 0.15) is 6.54 Å². The van der Waals surface area contributed by atoms with Crippen LogP contribution in [0.4, 0.5) is 11.4 Å². The molecule has 2 aromatic rings. The third-order valence-corrected chi connectivity index (χ3v) is 5.48. The Bertz CT molecular complexity index is 1070. The topological polar surface area (TPSA) is 128 Å².